The molecule has 2 aliphatic heterocycles. The number of benzene rings is 1. The summed E-state index contributed by atoms with van der Waals surface area (Å²) in [5.41, 5.74) is 4.86. The average molecular weight is 340 g/mol. The van der Waals surface area contributed by atoms with Crippen molar-refractivity contribution in [3.8, 4) is 0 Å². The van der Waals surface area contributed by atoms with Crippen molar-refractivity contribution in [3.05, 3.63) is 48.5 Å². The van der Waals surface area contributed by atoms with Crippen LogP contribution >= 0.6 is 0 Å². The maximum atomic E-state index is 12.7. The van der Waals surface area contributed by atoms with Gasteiger partial charge in [0.05, 0.1) is 5.69 Å². The zero-order chi connectivity index (χ0) is 17.1. The van der Waals surface area contributed by atoms with Crippen LogP contribution in [0.5, 0.6) is 0 Å². The summed E-state index contributed by atoms with van der Waals surface area (Å²) < 4.78 is 7.28. The molecular weight excluding hydrogens is 316 g/mol. The Morgan fingerprint density at radius 1 is 1.12 bits per heavy atom. The van der Waals surface area contributed by atoms with Crippen LogP contribution in [0.25, 0.3) is 0 Å². The second kappa shape index (κ2) is 7.27. The van der Waals surface area contributed by atoms with Gasteiger partial charge in [0.2, 0.25) is 0 Å². The minimum atomic E-state index is 0.135. The van der Waals surface area contributed by atoms with Crippen LogP contribution in [0.4, 0.5) is 5.69 Å². The van der Waals surface area contributed by atoms with E-state index in [0.717, 1.165) is 50.4 Å². The summed E-state index contributed by atoms with van der Waals surface area (Å²) in [4.78, 5) is 18.7. The van der Waals surface area contributed by atoms with Gasteiger partial charge >= 0.3 is 0 Å². The van der Waals surface area contributed by atoms with Gasteiger partial charge in [-0.3, -0.25) is 14.9 Å². The van der Waals surface area contributed by atoms with E-state index in [4.69, 9.17) is 4.74 Å². The number of hydrogen-bond donors (Lipinski definition) is 1. The number of rotatable bonds is 4. The van der Waals surface area contributed by atoms with Crippen LogP contribution in [0.2, 0.25) is 0 Å². The number of imidazole rings is 1. The van der Waals surface area contributed by atoms with Gasteiger partial charge in [-0.25, -0.2) is 4.98 Å². The first-order chi connectivity index (χ1) is 12.3. The predicted octanol–water partition coefficient (Wildman–Crippen LogP) is 2.65. The molecular formula is C19H24N4O2. The molecule has 0 bridgehead atoms. The number of aromatic nitrogens is 2. The molecule has 0 aliphatic carbocycles. The van der Waals surface area contributed by atoms with E-state index in [2.05, 4.69) is 10.4 Å². The smallest absolute Gasteiger partial charge is 0.253 e. The third kappa shape index (κ3) is 3.69. The SMILES string of the molecule is O=C(c1ccc(Nn2ccnc2)cc1)N1CCC(C2CCOC2)CC1. The van der Waals surface area contributed by atoms with Gasteiger partial charge in [0.25, 0.3) is 5.91 Å². The number of likely N-dealkylation sites (tertiary alicyclic amines) is 1. The summed E-state index contributed by atoms with van der Waals surface area (Å²) in [7, 11) is 0. The molecule has 132 valence electrons. The molecule has 3 heterocycles. The molecule has 1 unspecified atom stereocenters. The maximum Gasteiger partial charge on any atom is 0.253 e. The first kappa shape index (κ1) is 16.1. The Morgan fingerprint density at radius 2 is 1.92 bits per heavy atom. The lowest BCUT2D eigenvalue weighted by Gasteiger charge is -2.34. The average Bonchev–Trinajstić information content (AvgIpc) is 3.36. The van der Waals surface area contributed by atoms with Crippen LogP contribution in [-0.4, -0.2) is 46.8 Å². The summed E-state index contributed by atoms with van der Waals surface area (Å²) in [6.45, 7) is 3.53. The molecule has 1 aromatic heterocycles. The van der Waals surface area contributed by atoms with Crippen LogP contribution in [-0.2, 0) is 4.74 Å². The third-order valence-electron chi connectivity index (χ3n) is 5.35. The Bertz CT molecular complexity index is 685. The molecule has 2 aromatic rings. The van der Waals surface area contributed by atoms with Crippen molar-refractivity contribution in [1.82, 2.24) is 14.6 Å². The van der Waals surface area contributed by atoms with Gasteiger partial charge in [0, 0.05) is 44.3 Å². The van der Waals surface area contributed by atoms with Crippen molar-refractivity contribution < 1.29 is 9.53 Å². The van der Waals surface area contributed by atoms with E-state index >= 15 is 0 Å². The predicted molar refractivity (Wildman–Crippen MR) is 95.2 cm³/mol. The standard InChI is InChI=1S/C19H24N4O2/c24-19(22-9-5-15(6-10-22)17-7-12-25-13-17)16-1-3-18(4-2-16)21-23-11-8-20-14-23/h1-4,8,11,14-15,17,21H,5-7,9-10,12-13H2. The number of anilines is 1. The summed E-state index contributed by atoms with van der Waals surface area (Å²) in [6, 6.07) is 7.63. The quantitative estimate of drug-likeness (QED) is 0.929. The molecule has 4 rings (SSSR count). The lowest BCUT2D eigenvalue weighted by Crippen LogP contribution is -2.40. The number of ether oxygens (including phenoxy) is 1. The highest BCUT2D eigenvalue weighted by atomic mass is 16.5. The molecule has 1 aromatic carbocycles. The van der Waals surface area contributed by atoms with Crippen molar-refractivity contribution >= 4 is 11.6 Å². The van der Waals surface area contributed by atoms with Gasteiger partial charge < -0.3 is 9.64 Å². The van der Waals surface area contributed by atoms with E-state index in [9.17, 15) is 4.79 Å². The van der Waals surface area contributed by atoms with Crippen LogP contribution in [0.3, 0.4) is 0 Å². The minimum absolute atomic E-state index is 0.135. The number of nitrogens with one attached hydrogen (secondary N) is 1. The molecule has 1 amide bonds. The third-order valence-corrected chi connectivity index (χ3v) is 5.35. The first-order valence-electron chi connectivity index (χ1n) is 9.01. The fourth-order valence-electron chi connectivity index (χ4n) is 3.84. The zero-order valence-electron chi connectivity index (χ0n) is 14.3. The van der Waals surface area contributed by atoms with E-state index in [-0.39, 0.29) is 5.91 Å². The van der Waals surface area contributed by atoms with Gasteiger partial charge in [-0.2, -0.15) is 0 Å². The number of carbonyl (C=O) groups is 1. The zero-order valence-corrected chi connectivity index (χ0v) is 14.3. The molecule has 0 radical (unpaired) electrons. The number of piperidine rings is 1. The highest BCUT2D eigenvalue weighted by molar-refractivity contribution is 5.94. The van der Waals surface area contributed by atoms with Gasteiger partial charge in [-0.1, -0.05) is 0 Å². The molecule has 2 saturated heterocycles. The molecule has 2 aliphatic rings. The summed E-state index contributed by atoms with van der Waals surface area (Å²) in [5.74, 6) is 1.55. The fraction of sp³-hybridized carbons (Fsp3) is 0.474. The Labute approximate surface area is 147 Å². The molecule has 25 heavy (non-hydrogen) atoms. The molecule has 1 N–H and O–H groups in total. The van der Waals surface area contributed by atoms with E-state index in [0.29, 0.717) is 11.8 Å². The summed E-state index contributed by atoms with van der Waals surface area (Å²) >= 11 is 0. The van der Waals surface area contributed by atoms with Crippen molar-refractivity contribution in [1.29, 1.82) is 0 Å². The lowest BCUT2D eigenvalue weighted by molar-refractivity contribution is 0.0648. The van der Waals surface area contributed by atoms with E-state index < -0.39 is 0 Å². The van der Waals surface area contributed by atoms with Gasteiger partial charge in [-0.05, 0) is 55.4 Å². The summed E-state index contributed by atoms with van der Waals surface area (Å²) in [5, 5.41) is 0. The van der Waals surface area contributed by atoms with Crippen molar-refractivity contribution in [2.24, 2.45) is 11.8 Å². The van der Waals surface area contributed by atoms with E-state index in [1.54, 1.807) is 17.2 Å². The Balaban J connectivity index is 1.33. The van der Waals surface area contributed by atoms with Gasteiger partial charge in [-0.15, -0.1) is 0 Å². The van der Waals surface area contributed by atoms with Crippen LogP contribution in [0.15, 0.2) is 43.0 Å². The van der Waals surface area contributed by atoms with Crippen LogP contribution in [0.1, 0.15) is 29.6 Å². The number of amides is 1. The first-order valence-corrected chi connectivity index (χ1v) is 9.01. The number of nitrogens with zero attached hydrogens (tertiary/aromatic N) is 3. The second-order valence-electron chi connectivity index (χ2n) is 6.91. The Morgan fingerprint density at radius 3 is 2.56 bits per heavy atom. The highest BCUT2D eigenvalue weighted by Gasteiger charge is 2.30. The van der Waals surface area contributed by atoms with Crippen molar-refractivity contribution in [2.75, 3.05) is 31.7 Å². The number of hydrogen-bond acceptors (Lipinski definition) is 4. The highest BCUT2D eigenvalue weighted by Crippen LogP contribution is 2.31. The minimum Gasteiger partial charge on any atom is -0.381 e. The molecule has 1 atom stereocenters. The monoisotopic (exact) mass is 340 g/mol. The number of carbonyl (C=O) groups excluding carboxylic acids is 1. The topological polar surface area (TPSA) is 59.4 Å². The van der Waals surface area contributed by atoms with Gasteiger partial charge in [0.1, 0.15) is 6.33 Å². The lowest BCUT2D eigenvalue weighted by atomic mass is 9.84. The van der Waals surface area contributed by atoms with Gasteiger partial charge in [0.15, 0.2) is 0 Å². The molecule has 0 saturated carbocycles. The van der Waals surface area contributed by atoms with Crippen LogP contribution in [0, 0.1) is 11.8 Å². The second-order valence-corrected chi connectivity index (χ2v) is 6.91. The van der Waals surface area contributed by atoms with Crippen molar-refractivity contribution in [2.45, 2.75) is 19.3 Å². The maximum absolute atomic E-state index is 12.7. The molecule has 6 nitrogen and oxygen atoms in total. The van der Waals surface area contributed by atoms with Crippen LogP contribution < -0.4 is 5.43 Å². The molecule has 2 fully saturated rings. The molecule has 0 spiro atoms. The largest absolute Gasteiger partial charge is 0.381 e. The van der Waals surface area contributed by atoms with Crippen molar-refractivity contribution in [3.63, 3.8) is 0 Å². The van der Waals surface area contributed by atoms with E-state index in [1.165, 1.54) is 6.42 Å². The Kier molecular flexibility index (Phi) is 4.70. The van der Waals surface area contributed by atoms with E-state index in [1.807, 2.05) is 35.4 Å². The summed E-state index contributed by atoms with van der Waals surface area (Å²) in [6.07, 6.45) is 8.62. The Hall–Kier alpha value is -2.34. The normalized spacial score (nSPS) is 21.4. The fourth-order valence-corrected chi connectivity index (χ4v) is 3.84. The molecule has 6 heteroatoms.